The van der Waals surface area contributed by atoms with E-state index < -0.39 is 0 Å². The number of nitrogens with one attached hydrogen (secondary N) is 1. The van der Waals surface area contributed by atoms with E-state index in [2.05, 4.69) is 10.3 Å². The fourth-order valence-electron chi connectivity index (χ4n) is 2.12. The average molecular weight is 315 g/mol. The molecule has 22 heavy (non-hydrogen) atoms. The van der Waals surface area contributed by atoms with Gasteiger partial charge in [-0.15, -0.1) is 11.3 Å². The van der Waals surface area contributed by atoms with Gasteiger partial charge in [0.1, 0.15) is 5.76 Å². The number of carbonyl (C=O) groups is 1. The third kappa shape index (κ3) is 3.35. The molecular weight excluding hydrogens is 298 g/mol. The summed E-state index contributed by atoms with van der Waals surface area (Å²) in [5.41, 5.74) is 6.55. The first-order chi connectivity index (χ1) is 10.6. The van der Waals surface area contributed by atoms with Crippen molar-refractivity contribution in [3.8, 4) is 10.8 Å². The second-order valence-corrected chi connectivity index (χ2v) is 6.24. The van der Waals surface area contributed by atoms with Gasteiger partial charge in [0.25, 0.3) is 0 Å². The number of para-hydroxylation sites is 1. The van der Waals surface area contributed by atoms with Crippen molar-refractivity contribution in [3.05, 3.63) is 42.2 Å². The Labute approximate surface area is 132 Å². The number of thiazole rings is 1. The van der Waals surface area contributed by atoms with Gasteiger partial charge in [0, 0.05) is 12.5 Å². The molecule has 6 heteroatoms. The lowest BCUT2D eigenvalue weighted by atomic mass is 10.2. The number of amides is 1. The molecule has 0 saturated carbocycles. The van der Waals surface area contributed by atoms with Crippen molar-refractivity contribution in [2.75, 3.05) is 0 Å². The van der Waals surface area contributed by atoms with Crippen LogP contribution < -0.4 is 11.1 Å². The van der Waals surface area contributed by atoms with Crippen LogP contribution in [0.4, 0.5) is 0 Å². The van der Waals surface area contributed by atoms with Crippen LogP contribution >= 0.6 is 11.3 Å². The van der Waals surface area contributed by atoms with E-state index >= 15 is 0 Å². The number of nitrogens with two attached hydrogens (primary N) is 1. The molecule has 2 heterocycles. The topological polar surface area (TPSA) is 81.2 Å². The Kier molecular flexibility index (Phi) is 4.22. The molecule has 2 aromatic heterocycles. The fourth-order valence-corrected chi connectivity index (χ4v) is 3.04. The summed E-state index contributed by atoms with van der Waals surface area (Å²) < 4.78 is 6.88. The quantitative estimate of drug-likeness (QED) is 0.758. The molecule has 1 unspecified atom stereocenters. The van der Waals surface area contributed by atoms with Gasteiger partial charge in [0.05, 0.1) is 16.8 Å². The van der Waals surface area contributed by atoms with Crippen LogP contribution in [0.15, 0.2) is 40.8 Å². The summed E-state index contributed by atoms with van der Waals surface area (Å²) in [6.07, 6.45) is 0.311. The highest BCUT2D eigenvalue weighted by Gasteiger charge is 2.11. The van der Waals surface area contributed by atoms with Gasteiger partial charge in [0.15, 0.2) is 10.8 Å². The number of aromatic nitrogens is 1. The monoisotopic (exact) mass is 315 g/mol. The van der Waals surface area contributed by atoms with Crippen LogP contribution in [0.5, 0.6) is 0 Å². The Hall–Kier alpha value is -2.18. The fraction of sp³-hybridized carbons (Fsp3) is 0.250. The van der Waals surface area contributed by atoms with Crippen molar-refractivity contribution in [3.63, 3.8) is 0 Å². The molecule has 1 amide bonds. The SMILES string of the molecule is CC(N)CC(=O)NCc1ccc(-c2nc3ccccc3s2)o1. The molecule has 0 saturated heterocycles. The maximum atomic E-state index is 11.6. The highest BCUT2D eigenvalue weighted by Crippen LogP contribution is 2.30. The van der Waals surface area contributed by atoms with E-state index in [4.69, 9.17) is 10.2 Å². The van der Waals surface area contributed by atoms with Crippen LogP contribution in [0.3, 0.4) is 0 Å². The number of nitrogens with zero attached hydrogens (tertiary/aromatic N) is 1. The lowest BCUT2D eigenvalue weighted by Gasteiger charge is -2.05. The predicted octanol–water partition coefficient (Wildman–Crippen LogP) is 2.91. The van der Waals surface area contributed by atoms with E-state index in [9.17, 15) is 4.79 Å². The van der Waals surface area contributed by atoms with Crippen molar-refractivity contribution < 1.29 is 9.21 Å². The molecule has 0 aliphatic heterocycles. The first kappa shape index (κ1) is 14.7. The van der Waals surface area contributed by atoms with Crippen molar-refractivity contribution in [1.29, 1.82) is 0 Å². The number of rotatable bonds is 5. The molecule has 3 rings (SSSR count). The number of hydrogen-bond donors (Lipinski definition) is 2. The van der Waals surface area contributed by atoms with Crippen LogP contribution in [0.25, 0.3) is 21.0 Å². The maximum absolute atomic E-state index is 11.6. The summed E-state index contributed by atoms with van der Waals surface area (Å²) in [4.78, 5) is 16.1. The van der Waals surface area contributed by atoms with E-state index in [0.717, 1.165) is 21.0 Å². The standard InChI is InChI=1S/C16H17N3O2S/c1-10(17)8-15(20)18-9-11-6-7-13(21-11)16-19-12-4-2-3-5-14(12)22-16/h2-7,10H,8-9,17H2,1H3,(H,18,20). The molecule has 0 aliphatic rings. The summed E-state index contributed by atoms with van der Waals surface area (Å²) in [6, 6.07) is 11.6. The molecule has 114 valence electrons. The minimum absolute atomic E-state index is 0.0760. The summed E-state index contributed by atoms with van der Waals surface area (Å²) >= 11 is 1.59. The van der Waals surface area contributed by atoms with Gasteiger partial charge in [-0.25, -0.2) is 4.98 Å². The first-order valence-electron chi connectivity index (χ1n) is 7.09. The van der Waals surface area contributed by atoms with E-state index in [-0.39, 0.29) is 11.9 Å². The second-order valence-electron chi connectivity index (χ2n) is 5.21. The smallest absolute Gasteiger partial charge is 0.221 e. The minimum Gasteiger partial charge on any atom is -0.457 e. The molecule has 1 atom stereocenters. The molecule has 0 aliphatic carbocycles. The van der Waals surface area contributed by atoms with Crippen LogP contribution in [0.2, 0.25) is 0 Å². The Morgan fingerprint density at radius 3 is 2.95 bits per heavy atom. The molecule has 3 N–H and O–H groups in total. The molecule has 1 aromatic carbocycles. The van der Waals surface area contributed by atoms with Gasteiger partial charge in [-0.05, 0) is 31.2 Å². The second kappa shape index (κ2) is 6.29. The van der Waals surface area contributed by atoms with Crippen molar-refractivity contribution in [2.45, 2.75) is 25.9 Å². The van der Waals surface area contributed by atoms with Crippen LogP contribution in [-0.4, -0.2) is 16.9 Å². The molecule has 0 spiro atoms. The number of benzene rings is 1. The Balaban J connectivity index is 1.69. The van der Waals surface area contributed by atoms with E-state index in [1.165, 1.54) is 0 Å². The summed E-state index contributed by atoms with van der Waals surface area (Å²) in [6.45, 7) is 2.16. The summed E-state index contributed by atoms with van der Waals surface area (Å²) in [7, 11) is 0. The molecule has 0 fully saturated rings. The van der Waals surface area contributed by atoms with Crippen LogP contribution in [0.1, 0.15) is 19.1 Å². The highest BCUT2D eigenvalue weighted by atomic mass is 32.1. The van der Waals surface area contributed by atoms with Gasteiger partial charge >= 0.3 is 0 Å². The largest absolute Gasteiger partial charge is 0.457 e. The Morgan fingerprint density at radius 1 is 1.36 bits per heavy atom. The van der Waals surface area contributed by atoms with E-state index in [1.807, 2.05) is 36.4 Å². The average Bonchev–Trinajstić information content (AvgIpc) is 3.10. The van der Waals surface area contributed by atoms with Crippen molar-refractivity contribution >= 4 is 27.5 Å². The van der Waals surface area contributed by atoms with Gasteiger partial charge in [-0.3, -0.25) is 4.79 Å². The van der Waals surface area contributed by atoms with Crippen LogP contribution in [0, 0.1) is 0 Å². The number of hydrogen-bond acceptors (Lipinski definition) is 5. The number of fused-ring (bicyclic) bond motifs is 1. The van der Waals surface area contributed by atoms with Crippen LogP contribution in [-0.2, 0) is 11.3 Å². The zero-order chi connectivity index (χ0) is 15.5. The van der Waals surface area contributed by atoms with Gasteiger partial charge in [-0.2, -0.15) is 0 Å². The molecule has 3 aromatic rings. The molecule has 0 bridgehead atoms. The maximum Gasteiger partial charge on any atom is 0.221 e. The third-order valence-corrected chi connectivity index (χ3v) is 4.18. The van der Waals surface area contributed by atoms with E-state index in [0.29, 0.717) is 18.7 Å². The van der Waals surface area contributed by atoms with E-state index in [1.54, 1.807) is 18.3 Å². The lowest BCUT2D eigenvalue weighted by Crippen LogP contribution is -2.29. The first-order valence-corrected chi connectivity index (χ1v) is 7.90. The zero-order valence-corrected chi connectivity index (χ0v) is 13.0. The number of furan rings is 1. The Bertz CT molecular complexity index is 758. The van der Waals surface area contributed by atoms with Crippen molar-refractivity contribution in [2.24, 2.45) is 5.73 Å². The Morgan fingerprint density at radius 2 is 2.18 bits per heavy atom. The molecule has 0 radical (unpaired) electrons. The summed E-state index contributed by atoms with van der Waals surface area (Å²) in [5, 5.41) is 3.63. The highest BCUT2D eigenvalue weighted by molar-refractivity contribution is 7.21. The lowest BCUT2D eigenvalue weighted by molar-refractivity contribution is -0.121. The van der Waals surface area contributed by atoms with Gasteiger partial charge < -0.3 is 15.5 Å². The number of carbonyl (C=O) groups excluding carboxylic acids is 1. The van der Waals surface area contributed by atoms with Crippen molar-refractivity contribution in [1.82, 2.24) is 10.3 Å². The third-order valence-electron chi connectivity index (χ3n) is 3.13. The normalized spacial score (nSPS) is 12.5. The van der Waals surface area contributed by atoms with Gasteiger partial charge in [-0.1, -0.05) is 12.1 Å². The predicted molar refractivity (Wildman–Crippen MR) is 87.4 cm³/mol. The van der Waals surface area contributed by atoms with Gasteiger partial charge in [0.2, 0.25) is 5.91 Å². The minimum atomic E-state index is -0.144. The molecular formula is C16H17N3O2S. The summed E-state index contributed by atoms with van der Waals surface area (Å²) in [5.74, 6) is 1.35. The molecule has 5 nitrogen and oxygen atoms in total. The zero-order valence-electron chi connectivity index (χ0n) is 12.2.